The van der Waals surface area contributed by atoms with Crippen LogP contribution in [0.25, 0.3) is 0 Å². The van der Waals surface area contributed by atoms with Crippen LogP contribution in [-0.4, -0.2) is 0 Å². The summed E-state index contributed by atoms with van der Waals surface area (Å²) in [5, 5.41) is 0. The fourth-order valence-electron chi connectivity index (χ4n) is 0.265. The van der Waals surface area contributed by atoms with E-state index in [0.29, 0.717) is 0 Å². The van der Waals surface area contributed by atoms with E-state index in [1.54, 1.807) is 0 Å². The van der Waals surface area contributed by atoms with E-state index >= 15 is 0 Å². The first kappa shape index (κ1) is 11.5. The second-order valence-corrected chi connectivity index (χ2v) is 3.29. The van der Waals surface area contributed by atoms with Crippen molar-refractivity contribution in [2.45, 2.75) is 20.8 Å². The Morgan fingerprint density at radius 3 is 1.62 bits per heavy atom. The van der Waals surface area contributed by atoms with Gasteiger partial charge in [-0.1, -0.05) is 0 Å². The molecule has 0 aliphatic carbocycles. The average Bonchev–Trinajstić information content (AvgIpc) is 1.30. The van der Waals surface area contributed by atoms with Crippen LogP contribution < -0.4 is 17.0 Å². The van der Waals surface area contributed by atoms with Gasteiger partial charge in [-0.05, 0) is 0 Å². The van der Waals surface area contributed by atoms with Crippen LogP contribution in [-0.2, 0) is 18.3 Å². The summed E-state index contributed by atoms with van der Waals surface area (Å²) in [6, 6.07) is 0. The quantitative estimate of drug-likeness (QED) is 0.350. The average molecular weight is 226 g/mol. The molecule has 0 saturated heterocycles. The van der Waals surface area contributed by atoms with Crippen LogP contribution in [0.3, 0.4) is 0 Å². The largest absolute Gasteiger partial charge is 1.00 e. The van der Waals surface area contributed by atoms with Crippen molar-refractivity contribution >= 4 is 0 Å². The Kier molecular flexibility index (Phi) is 6.49. The Morgan fingerprint density at radius 2 is 1.62 bits per heavy atom. The molecule has 0 aromatic rings. The molecule has 0 saturated carbocycles. The molecule has 0 bridgehead atoms. The van der Waals surface area contributed by atoms with Gasteiger partial charge in [0.2, 0.25) is 0 Å². The molecule has 0 radical (unpaired) electrons. The maximum absolute atomic E-state index is 3.09. The van der Waals surface area contributed by atoms with E-state index in [0.717, 1.165) is 18.3 Å². The number of hydrogen-bond donors (Lipinski definition) is 0. The van der Waals surface area contributed by atoms with Crippen molar-refractivity contribution in [3.8, 4) is 10.4 Å². The van der Waals surface area contributed by atoms with E-state index in [4.69, 9.17) is 0 Å². The molecule has 0 rings (SSSR count). The van der Waals surface area contributed by atoms with Crippen molar-refractivity contribution in [2.24, 2.45) is 5.41 Å². The molecule has 42 valence electrons. The molecule has 0 unspecified atom stereocenters. The minimum Gasteiger partial charge on any atom is -1.00 e. The zero-order valence-electron chi connectivity index (χ0n) is 5.59. The molecule has 0 nitrogen and oxygen atoms in total. The zero-order valence-corrected chi connectivity index (χ0v) is 10.1. The van der Waals surface area contributed by atoms with Crippen molar-refractivity contribution in [3.63, 3.8) is 0 Å². The predicted octanol–water partition coefficient (Wildman–Crippen LogP) is -1.46. The van der Waals surface area contributed by atoms with E-state index < -0.39 is 0 Å². The number of hydrogen-bond acceptors (Lipinski definition) is 0. The molecule has 8 heavy (non-hydrogen) atoms. The Hall–Kier alpha value is 0.663. The van der Waals surface area contributed by atoms with Crippen molar-refractivity contribution in [1.29, 1.82) is 0 Å². The van der Waals surface area contributed by atoms with E-state index in [-0.39, 0.29) is 22.4 Å². The molecule has 0 aromatic heterocycles. The molecule has 0 fully saturated rings. The minimum absolute atomic E-state index is 0. The van der Waals surface area contributed by atoms with Crippen LogP contribution in [0.15, 0.2) is 0 Å². The summed E-state index contributed by atoms with van der Waals surface area (Å²) in [6.45, 7) is 6.36. The predicted molar refractivity (Wildman–Crippen MR) is 27.2 cm³/mol. The second kappa shape index (κ2) is 4.53. The summed E-state index contributed by atoms with van der Waals surface area (Å²) in [7, 11) is 0. The van der Waals surface area contributed by atoms with Crippen LogP contribution >= 0.6 is 0 Å². The van der Waals surface area contributed by atoms with Crippen LogP contribution in [0.5, 0.6) is 0 Å². The molecular weight excluding hydrogens is 217 g/mol. The maximum Gasteiger partial charge on any atom is -1.00 e. The summed E-state index contributed by atoms with van der Waals surface area (Å²) in [6.07, 6.45) is 0. The van der Waals surface area contributed by atoms with Gasteiger partial charge in [-0.25, -0.2) is 0 Å². The fraction of sp³-hybridized carbons (Fsp3) is 0.667. The minimum atomic E-state index is 0. The standard InChI is InChI=1S/C6H9.BrH.Zn/c1-5-6(2,3)4;;/h2-4H3;1H;/q;;+1/p-1. The summed E-state index contributed by atoms with van der Waals surface area (Å²) < 4.78 is 2.98. The molecule has 0 aliphatic heterocycles. The van der Waals surface area contributed by atoms with Crippen molar-refractivity contribution in [3.05, 3.63) is 0 Å². The Labute approximate surface area is 71.9 Å². The Morgan fingerprint density at radius 1 is 1.25 bits per heavy atom. The van der Waals surface area contributed by atoms with Gasteiger partial charge >= 0.3 is 54.9 Å². The summed E-state index contributed by atoms with van der Waals surface area (Å²) in [5.41, 5.74) is 0.220. The normalized spacial score (nSPS) is 8.62. The molecular formula is C6H9BrZn. The van der Waals surface area contributed by atoms with Gasteiger partial charge < -0.3 is 17.0 Å². The van der Waals surface area contributed by atoms with Crippen molar-refractivity contribution in [1.82, 2.24) is 0 Å². The molecule has 2 heteroatoms. The van der Waals surface area contributed by atoms with Gasteiger partial charge in [0.15, 0.2) is 0 Å². The van der Waals surface area contributed by atoms with Crippen LogP contribution in [0.2, 0.25) is 0 Å². The molecule has 0 amide bonds. The third-order valence-corrected chi connectivity index (χ3v) is 0.834. The van der Waals surface area contributed by atoms with Gasteiger partial charge in [-0.3, -0.25) is 0 Å². The van der Waals surface area contributed by atoms with Gasteiger partial charge in [-0.15, -0.1) is 0 Å². The molecule has 0 N–H and O–H groups in total. The smallest absolute Gasteiger partial charge is 1.00 e. The zero-order chi connectivity index (χ0) is 5.91. The summed E-state index contributed by atoms with van der Waals surface area (Å²) in [5.74, 6) is 3.09. The fourth-order valence-corrected chi connectivity index (χ4v) is 1.38. The van der Waals surface area contributed by atoms with E-state index in [9.17, 15) is 0 Å². The summed E-state index contributed by atoms with van der Waals surface area (Å²) >= 11 is 1.09. The SMILES string of the molecule is CC(C)(C)C#[C][Zn+].[Br-]. The van der Waals surface area contributed by atoms with Gasteiger partial charge in [0, 0.05) is 0 Å². The number of halogens is 1. The van der Waals surface area contributed by atoms with Crippen LogP contribution in [0.4, 0.5) is 0 Å². The second-order valence-electron chi connectivity index (χ2n) is 2.55. The molecule has 0 heterocycles. The molecule has 0 aromatic carbocycles. The Balaban J connectivity index is 0. The van der Waals surface area contributed by atoms with Gasteiger partial charge in [0.25, 0.3) is 0 Å². The van der Waals surface area contributed by atoms with Crippen LogP contribution in [0.1, 0.15) is 20.8 Å². The maximum atomic E-state index is 3.09. The van der Waals surface area contributed by atoms with E-state index in [1.165, 1.54) is 0 Å². The molecule has 0 aliphatic rings. The van der Waals surface area contributed by atoms with Crippen molar-refractivity contribution in [2.75, 3.05) is 0 Å². The number of rotatable bonds is 0. The third-order valence-electron chi connectivity index (χ3n) is 0.463. The van der Waals surface area contributed by atoms with Crippen molar-refractivity contribution < 1.29 is 35.3 Å². The Bertz CT molecular complexity index is 102. The first-order valence-corrected chi connectivity index (χ1v) is 3.84. The summed E-state index contributed by atoms with van der Waals surface area (Å²) in [4.78, 5) is 0. The van der Waals surface area contributed by atoms with Gasteiger partial charge in [0.1, 0.15) is 0 Å². The first-order valence-electron chi connectivity index (χ1n) is 2.35. The molecule has 0 atom stereocenters. The third kappa shape index (κ3) is 9.83. The van der Waals surface area contributed by atoms with Crippen LogP contribution in [0, 0.1) is 15.9 Å². The topological polar surface area (TPSA) is 0 Å². The molecule has 0 spiro atoms. The first-order chi connectivity index (χ1) is 3.06. The van der Waals surface area contributed by atoms with Gasteiger partial charge in [-0.2, -0.15) is 0 Å². The van der Waals surface area contributed by atoms with Gasteiger partial charge in [0.05, 0.1) is 0 Å². The monoisotopic (exact) mass is 224 g/mol. The van der Waals surface area contributed by atoms with E-state index in [1.807, 2.05) is 0 Å². The van der Waals surface area contributed by atoms with E-state index in [2.05, 4.69) is 31.2 Å².